The maximum Gasteiger partial charge on any atom is -0.0349 e. The lowest BCUT2D eigenvalue weighted by molar-refractivity contribution is 0.170. The van der Waals surface area contributed by atoms with Crippen molar-refractivity contribution in [1.29, 1.82) is 0 Å². The molecule has 3 unspecified atom stereocenters. The van der Waals surface area contributed by atoms with Gasteiger partial charge in [0.25, 0.3) is 0 Å². The second kappa shape index (κ2) is 14.1. The highest BCUT2D eigenvalue weighted by Crippen LogP contribution is 2.39. The Morgan fingerprint density at radius 2 is 1.15 bits per heavy atom. The molecule has 0 aliphatic rings. The first-order valence-corrected chi connectivity index (χ1v) is 12.5. The summed E-state index contributed by atoms with van der Waals surface area (Å²) in [6.07, 6.45) is 18.3. The summed E-state index contributed by atoms with van der Waals surface area (Å²) in [6.45, 7) is 21.9. The molecule has 0 aromatic carbocycles. The molecule has 27 heavy (non-hydrogen) atoms. The van der Waals surface area contributed by atoms with Gasteiger partial charge in [0.05, 0.1) is 0 Å². The zero-order valence-corrected chi connectivity index (χ0v) is 20.9. The highest BCUT2D eigenvalue weighted by molar-refractivity contribution is 4.78. The highest BCUT2D eigenvalue weighted by atomic mass is 14.3. The van der Waals surface area contributed by atoms with Crippen LogP contribution in [0.4, 0.5) is 0 Å². The van der Waals surface area contributed by atoms with E-state index in [1.807, 2.05) is 0 Å². The molecule has 0 aliphatic heterocycles. The molecular formula is C27H56. The monoisotopic (exact) mass is 380 g/mol. The van der Waals surface area contributed by atoms with Gasteiger partial charge in [0.15, 0.2) is 0 Å². The van der Waals surface area contributed by atoms with E-state index in [4.69, 9.17) is 0 Å². The van der Waals surface area contributed by atoms with Gasteiger partial charge in [-0.2, -0.15) is 0 Å². The molecule has 0 heteroatoms. The molecular weight excluding hydrogens is 324 g/mol. The van der Waals surface area contributed by atoms with Crippen LogP contribution in [0.25, 0.3) is 0 Å². The zero-order chi connectivity index (χ0) is 20.9. The second-order valence-corrected chi connectivity index (χ2v) is 11.7. The fourth-order valence-electron chi connectivity index (χ4n) is 4.99. The average Bonchev–Trinajstić information content (AvgIpc) is 2.55. The standard InChI is InChI=1S/C27H56/c1-10-12-13-14-16-23(3)18-19-25(5)21-24(4)17-15-20-27(8,9)22-26(6,7)11-2/h23-25H,10-22H2,1-9H3. The lowest BCUT2D eigenvalue weighted by Gasteiger charge is -2.34. The van der Waals surface area contributed by atoms with Gasteiger partial charge in [0.2, 0.25) is 0 Å². The molecule has 0 aromatic rings. The Morgan fingerprint density at radius 1 is 0.593 bits per heavy atom. The van der Waals surface area contributed by atoms with Gasteiger partial charge in [-0.05, 0) is 47.8 Å². The van der Waals surface area contributed by atoms with Crippen LogP contribution >= 0.6 is 0 Å². The van der Waals surface area contributed by atoms with Gasteiger partial charge < -0.3 is 0 Å². The van der Waals surface area contributed by atoms with Gasteiger partial charge in [-0.25, -0.2) is 0 Å². The van der Waals surface area contributed by atoms with Crippen LogP contribution in [0.3, 0.4) is 0 Å². The van der Waals surface area contributed by atoms with Crippen molar-refractivity contribution in [3.05, 3.63) is 0 Å². The molecule has 0 aromatic heterocycles. The van der Waals surface area contributed by atoms with E-state index in [0.29, 0.717) is 10.8 Å². The molecule has 164 valence electrons. The van der Waals surface area contributed by atoms with Gasteiger partial charge in [-0.3, -0.25) is 0 Å². The minimum Gasteiger partial charge on any atom is -0.0654 e. The smallest absolute Gasteiger partial charge is 0.0349 e. The predicted octanol–water partition coefficient (Wildman–Crippen LogP) is 10.1. The third-order valence-corrected chi connectivity index (χ3v) is 6.97. The Hall–Kier alpha value is 0. The zero-order valence-electron chi connectivity index (χ0n) is 20.9. The normalized spacial score (nSPS) is 16.3. The van der Waals surface area contributed by atoms with Gasteiger partial charge in [-0.15, -0.1) is 0 Å². The molecule has 0 heterocycles. The molecule has 3 atom stereocenters. The van der Waals surface area contributed by atoms with E-state index in [1.165, 1.54) is 83.5 Å². The van der Waals surface area contributed by atoms with E-state index in [2.05, 4.69) is 62.3 Å². The van der Waals surface area contributed by atoms with Crippen LogP contribution in [0, 0.1) is 28.6 Å². The maximum atomic E-state index is 2.49. The van der Waals surface area contributed by atoms with Crippen LogP contribution < -0.4 is 0 Å². The summed E-state index contributed by atoms with van der Waals surface area (Å²) in [5, 5.41) is 0. The van der Waals surface area contributed by atoms with E-state index in [0.717, 1.165) is 17.8 Å². The molecule has 0 bridgehead atoms. The van der Waals surface area contributed by atoms with Gasteiger partial charge >= 0.3 is 0 Å². The van der Waals surface area contributed by atoms with Crippen molar-refractivity contribution in [2.45, 2.75) is 146 Å². The van der Waals surface area contributed by atoms with Crippen molar-refractivity contribution in [3.8, 4) is 0 Å². The molecule has 0 nitrogen and oxygen atoms in total. The minimum absolute atomic E-state index is 0.497. The second-order valence-electron chi connectivity index (χ2n) is 11.7. The van der Waals surface area contributed by atoms with Crippen LogP contribution in [0.5, 0.6) is 0 Å². The Kier molecular flexibility index (Phi) is 14.1. The molecule has 0 fully saturated rings. The van der Waals surface area contributed by atoms with Crippen molar-refractivity contribution >= 4 is 0 Å². The molecule has 0 aliphatic carbocycles. The van der Waals surface area contributed by atoms with Crippen LogP contribution in [-0.4, -0.2) is 0 Å². The van der Waals surface area contributed by atoms with Gasteiger partial charge in [0.1, 0.15) is 0 Å². The van der Waals surface area contributed by atoms with Crippen molar-refractivity contribution < 1.29 is 0 Å². The summed E-state index contributed by atoms with van der Waals surface area (Å²) in [4.78, 5) is 0. The van der Waals surface area contributed by atoms with Crippen LogP contribution in [-0.2, 0) is 0 Å². The summed E-state index contributed by atoms with van der Waals surface area (Å²) in [5.74, 6) is 2.74. The lowest BCUT2D eigenvalue weighted by atomic mass is 9.71. The highest BCUT2D eigenvalue weighted by Gasteiger charge is 2.27. The summed E-state index contributed by atoms with van der Waals surface area (Å²) in [7, 11) is 0. The third-order valence-electron chi connectivity index (χ3n) is 6.97. The fraction of sp³-hybridized carbons (Fsp3) is 1.00. The number of rotatable bonds is 17. The molecule has 0 amide bonds. The molecule has 0 saturated carbocycles. The van der Waals surface area contributed by atoms with Gasteiger partial charge in [-0.1, -0.05) is 127 Å². The fourth-order valence-corrected chi connectivity index (χ4v) is 4.99. The quantitative estimate of drug-likeness (QED) is 0.220. The third kappa shape index (κ3) is 15.6. The largest absolute Gasteiger partial charge is 0.0654 e. The minimum atomic E-state index is 0.497. The van der Waals surface area contributed by atoms with Crippen molar-refractivity contribution in [2.75, 3.05) is 0 Å². The van der Waals surface area contributed by atoms with Crippen molar-refractivity contribution in [1.82, 2.24) is 0 Å². The first kappa shape index (κ1) is 27.0. The number of unbranched alkanes of at least 4 members (excludes halogenated alkanes) is 3. The van der Waals surface area contributed by atoms with E-state index in [-0.39, 0.29) is 0 Å². The van der Waals surface area contributed by atoms with E-state index in [1.54, 1.807) is 0 Å². The van der Waals surface area contributed by atoms with E-state index < -0.39 is 0 Å². The van der Waals surface area contributed by atoms with Crippen molar-refractivity contribution in [2.24, 2.45) is 28.6 Å². The molecule has 0 spiro atoms. The Morgan fingerprint density at radius 3 is 1.74 bits per heavy atom. The topological polar surface area (TPSA) is 0 Å². The van der Waals surface area contributed by atoms with Crippen molar-refractivity contribution in [3.63, 3.8) is 0 Å². The van der Waals surface area contributed by atoms with Gasteiger partial charge in [0, 0.05) is 0 Å². The predicted molar refractivity (Wildman–Crippen MR) is 126 cm³/mol. The summed E-state index contributed by atoms with van der Waals surface area (Å²) in [5.41, 5.74) is 0.995. The molecule has 0 saturated heterocycles. The van der Waals surface area contributed by atoms with Crippen LogP contribution in [0.15, 0.2) is 0 Å². The number of hydrogen-bond acceptors (Lipinski definition) is 0. The van der Waals surface area contributed by atoms with Crippen LogP contribution in [0.1, 0.15) is 146 Å². The van der Waals surface area contributed by atoms with Crippen LogP contribution in [0.2, 0.25) is 0 Å². The summed E-state index contributed by atoms with van der Waals surface area (Å²) < 4.78 is 0. The summed E-state index contributed by atoms with van der Waals surface area (Å²) in [6, 6.07) is 0. The average molecular weight is 381 g/mol. The lowest BCUT2D eigenvalue weighted by Crippen LogP contribution is -2.22. The summed E-state index contributed by atoms with van der Waals surface area (Å²) >= 11 is 0. The molecule has 0 rings (SSSR count). The van der Waals surface area contributed by atoms with E-state index >= 15 is 0 Å². The molecule has 0 N–H and O–H groups in total. The first-order valence-electron chi connectivity index (χ1n) is 12.5. The SMILES string of the molecule is CCCCCCC(C)CCC(C)CC(C)CCCC(C)(C)CC(C)(C)CC. The number of hydrogen-bond donors (Lipinski definition) is 0. The first-order chi connectivity index (χ1) is 12.5. The Labute approximate surface area is 174 Å². The molecule has 0 radical (unpaired) electrons. The Bertz CT molecular complexity index is 338. The van der Waals surface area contributed by atoms with E-state index in [9.17, 15) is 0 Å². The maximum absolute atomic E-state index is 2.49. The Balaban J connectivity index is 3.92.